The molecule has 8 heteroatoms. The fourth-order valence-electron chi connectivity index (χ4n) is 3.75. The van der Waals surface area contributed by atoms with E-state index in [1.165, 1.54) is 5.56 Å². The zero-order valence-corrected chi connectivity index (χ0v) is 18.5. The normalized spacial score (nSPS) is 13.6. The first-order chi connectivity index (χ1) is 15.6. The smallest absolute Gasteiger partial charge is 0.321 e. The number of urea groups is 1. The first-order valence-electron chi connectivity index (χ1n) is 10.5. The van der Waals surface area contributed by atoms with Crippen LogP contribution in [0.25, 0.3) is 11.3 Å². The molecule has 0 saturated carbocycles. The maximum absolute atomic E-state index is 12.7. The average Bonchev–Trinajstić information content (AvgIpc) is 2.84. The Morgan fingerprint density at radius 3 is 2.31 bits per heavy atom. The number of nitrogens with zero attached hydrogens (tertiary/aromatic N) is 4. The van der Waals surface area contributed by atoms with Crippen LogP contribution in [-0.2, 0) is 0 Å². The highest BCUT2D eigenvalue weighted by Crippen LogP contribution is 2.30. The lowest BCUT2D eigenvalue weighted by Crippen LogP contribution is -2.50. The van der Waals surface area contributed by atoms with Crippen molar-refractivity contribution in [1.29, 1.82) is 0 Å². The molecule has 1 saturated heterocycles. The maximum atomic E-state index is 12.7. The summed E-state index contributed by atoms with van der Waals surface area (Å²) in [7, 11) is 3.15. The van der Waals surface area contributed by atoms with Crippen LogP contribution in [0, 0.1) is 6.92 Å². The van der Waals surface area contributed by atoms with Crippen LogP contribution >= 0.6 is 0 Å². The van der Waals surface area contributed by atoms with Gasteiger partial charge in [0, 0.05) is 43.5 Å². The zero-order valence-electron chi connectivity index (χ0n) is 18.5. The lowest BCUT2D eigenvalue weighted by molar-refractivity contribution is 0.208. The molecule has 0 aliphatic carbocycles. The first kappa shape index (κ1) is 21.4. The van der Waals surface area contributed by atoms with E-state index in [-0.39, 0.29) is 6.03 Å². The van der Waals surface area contributed by atoms with Crippen LogP contribution in [0.5, 0.6) is 11.5 Å². The van der Waals surface area contributed by atoms with Crippen molar-refractivity contribution in [1.82, 2.24) is 15.1 Å². The molecule has 2 aromatic carbocycles. The molecule has 8 nitrogen and oxygen atoms in total. The second-order valence-corrected chi connectivity index (χ2v) is 7.57. The Hall–Kier alpha value is -3.81. The number of ether oxygens (including phenoxy) is 2. The number of aromatic nitrogens is 2. The number of hydrogen-bond donors (Lipinski definition) is 1. The van der Waals surface area contributed by atoms with E-state index in [4.69, 9.17) is 9.47 Å². The van der Waals surface area contributed by atoms with Crippen LogP contribution < -0.4 is 19.7 Å². The Labute approximate surface area is 187 Å². The van der Waals surface area contributed by atoms with Crippen molar-refractivity contribution >= 4 is 17.5 Å². The fourth-order valence-corrected chi connectivity index (χ4v) is 3.75. The standard InChI is InChI=1S/C24H27N5O3/c1-17-6-4-5-7-19(17)20-9-11-23(27-26-20)28-12-14-29(15-13-28)24(30)25-18-8-10-21(31-2)22(16-18)32-3/h4-11,16H,12-15H2,1-3H3,(H,25,30). The largest absolute Gasteiger partial charge is 0.493 e. The van der Waals surface area contributed by atoms with Crippen LogP contribution in [0.4, 0.5) is 16.3 Å². The van der Waals surface area contributed by atoms with Gasteiger partial charge in [-0.15, -0.1) is 10.2 Å². The van der Waals surface area contributed by atoms with Crippen LogP contribution in [0.3, 0.4) is 0 Å². The third-order valence-electron chi connectivity index (χ3n) is 5.60. The monoisotopic (exact) mass is 433 g/mol. The minimum atomic E-state index is -0.141. The Morgan fingerprint density at radius 2 is 1.66 bits per heavy atom. The second kappa shape index (κ2) is 9.55. The summed E-state index contributed by atoms with van der Waals surface area (Å²) in [6, 6.07) is 17.3. The molecule has 0 unspecified atom stereocenters. The number of carbonyl (C=O) groups excluding carboxylic acids is 1. The van der Waals surface area contributed by atoms with Crippen molar-refractivity contribution in [2.45, 2.75) is 6.92 Å². The van der Waals surface area contributed by atoms with Crippen molar-refractivity contribution in [3.05, 3.63) is 60.2 Å². The van der Waals surface area contributed by atoms with Gasteiger partial charge in [0.2, 0.25) is 0 Å². The molecule has 166 valence electrons. The molecule has 1 fully saturated rings. The van der Waals surface area contributed by atoms with Crippen molar-refractivity contribution in [2.24, 2.45) is 0 Å². The summed E-state index contributed by atoms with van der Waals surface area (Å²) < 4.78 is 10.5. The van der Waals surface area contributed by atoms with Crippen LogP contribution in [0.2, 0.25) is 0 Å². The number of carbonyl (C=O) groups is 1. The summed E-state index contributed by atoms with van der Waals surface area (Å²) in [5.74, 6) is 2.01. The quantitative estimate of drug-likeness (QED) is 0.659. The van der Waals surface area contributed by atoms with Gasteiger partial charge < -0.3 is 24.6 Å². The zero-order chi connectivity index (χ0) is 22.5. The van der Waals surface area contributed by atoms with Gasteiger partial charge in [-0.1, -0.05) is 24.3 Å². The highest BCUT2D eigenvalue weighted by Gasteiger charge is 2.22. The molecule has 0 radical (unpaired) electrons. The van der Waals surface area contributed by atoms with Gasteiger partial charge in [0.1, 0.15) is 0 Å². The Bertz CT molecular complexity index is 1080. The van der Waals surface area contributed by atoms with E-state index in [9.17, 15) is 4.79 Å². The maximum Gasteiger partial charge on any atom is 0.321 e. The van der Waals surface area contributed by atoms with Gasteiger partial charge in [-0.2, -0.15) is 0 Å². The number of aryl methyl sites for hydroxylation is 1. The highest BCUT2D eigenvalue weighted by atomic mass is 16.5. The van der Waals surface area contributed by atoms with E-state index in [0.717, 1.165) is 17.1 Å². The third-order valence-corrected chi connectivity index (χ3v) is 5.60. The molecule has 2 heterocycles. The Kier molecular flexibility index (Phi) is 6.39. The summed E-state index contributed by atoms with van der Waals surface area (Å²) >= 11 is 0. The van der Waals surface area contributed by atoms with E-state index < -0.39 is 0 Å². The minimum absolute atomic E-state index is 0.141. The Morgan fingerprint density at radius 1 is 0.906 bits per heavy atom. The number of methoxy groups -OCH3 is 2. The lowest BCUT2D eigenvalue weighted by atomic mass is 10.1. The number of piperazine rings is 1. The number of anilines is 2. The van der Waals surface area contributed by atoms with E-state index in [1.807, 2.05) is 24.3 Å². The fraction of sp³-hybridized carbons (Fsp3) is 0.292. The highest BCUT2D eigenvalue weighted by molar-refractivity contribution is 5.90. The predicted octanol–water partition coefficient (Wildman–Crippen LogP) is 3.82. The molecule has 4 rings (SSSR count). The number of amides is 2. The molecule has 3 aromatic rings. The summed E-state index contributed by atoms with van der Waals surface area (Å²) in [6.07, 6.45) is 0. The van der Waals surface area contributed by atoms with Crippen molar-refractivity contribution in [3.63, 3.8) is 0 Å². The van der Waals surface area contributed by atoms with Crippen LogP contribution in [0.1, 0.15) is 5.56 Å². The van der Waals surface area contributed by atoms with Gasteiger partial charge in [-0.3, -0.25) is 0 Å². The summed E-state index contributed by atoms with van der Waals surface area (Å²) in [5, 5.41) is 11.8. The molecular weight excluding hydrogens is 406 g/mol. The second-order valence-electron chi connectivity index (χ2n) is 7.57. The molecule has 1 aliphatic heterocycles. The Balaban J connectivity index is 1.35. The van der Waals surface area contributed by atoms with E-state index in [2.05, 4.69) is 39.5 Å². The summed E-state index contributed by atoms with van der Waals surface area (Å²) in [6.45, 7) is 4.65. The molecule has 2 amide bonds. The van der Waals surface area contributed by atoms with E-state index >= 15 is 0 Å². The molecule has 32 heavy (non-hydrogen) atoms. The lowest BCUT2D eigenvalue weighted by Gasteiger charge is -2.35. The van der Waals surface area contributed by atoms with Gasteiger partial charge in [-0.25, -0.2) is 4.79 Å². The number of rotatable bonds is 5. The number of hydrogen-bond acceptors (Lipinski definition) is 6. The predicted molar refractivity (Wildman–Crippen MR) is 125 cm³/mol. The summed E-state index contributed by atoms with van der Waals surface area (Å²) in [4.78, 5) is 16.6. The van der Waals surface area contributed by atoms with E-state index in [1.54, 1.807) is 37.3 Å². The van der Waals surface area contributed by atoms with Crippen molar-refractivity contribution in [3.8, 4) is 22.8 Å². The first-order valence-corrected chi connectivity index (χ1v) is 10.5. The van der Waals surface area contributed by atoms with Gasteiger partial charge in [0.15, 0.2) is 17.3 Å². The van der Waals surface area contributed by atoms with Crippen LogP contribution in [0.15, 0.2) is 54.6 Å². The SMILES string of the molecule is COc1ccc(NC(=O)N2CCN(c3ccc(-c4ccccc4C)nn3)CC2)cc1OC. The van der Waals surface area contributed by atoms with Crippen molar-refractivity contribution < 1.29 is 14.3 Å². The number of benzene rings is 2. The topological polar surface area (TPSA) is 79.8 Å². The minimum Gasteiger partial charge on any atom is -0.493 e. The van der Waals surface area contributed by atoms with Gasteiger partial charge >= 0.3 is 6.03 Å². The van der Waals surface area contributed by atoms with Gasteiger partial charge in [-0.05, 0) is 36.8 Å². The van der Waals surface area contributed by atoms with E-state index in [0.29, 0.717) is 43.4 Å². The number of nitrogens with one attached hydrogen (secondary N) is 1. The molecule has 0 atom stereocenters. The molecule has 1 N–H and O–H groups in total. The molecule has 0 spiro atoms. The summed E-state index contributed by atoms with van der Waals surface area (Å²) in [5.41, 5.74) is 3.78. The van der Waals surface area contributed by atoms with Gasteiger partial charge in [0.25, 0.3) is 0 Å². The van der Waals surface area contributed by atoms with Gasteiger partial charge in [0.05, 0.1) is 19.9 Å². The molecule has 1 aromatic heterocycles. The third kappa shape index (κ3) is 4.59. The molecule has 0 bridgehead atoms. The average molecular weight is 434 g/mol. The van der Waals surface area contributed by atoms with Crippen molar-refractivity contribution in [2.75, 3.05) is 50.6 Å². The molecular formula is C24H27N5O3. The molecule has 1 aliphatic rings. The van der Waals surface area contributed by atoms with Crippen LogP contribution in [-0.4, -0.2) is 61.5 Å².